The fourth-order valence-corrected chi connectivity index (χ4v) is 4.86. The first-order chi connectivity index (χ1) is 17.0. The number of hydrogen-bond acceptors (Lipinski definition) is 3. The second-order valence-corrected chi connectivity index (χ2v) is 9.35. The summed E-state index contributed by atoms with van der Waals surface area (Å²) in [6.45, 7) is 1.03. The molecule has 3 atom stereocenters. The van der Waals surface area contributed by atoms with Crippen molar-refractivity contribution in [3.05, 3.63) is 77.6 Å². The van der Waals surface area contributed by atoms with Crippen LogP contribution in [0.1, 0.15) is 54.4 Å². The van der Waals surface area contributed by atoms with E-state index >= 15 is 0 Å². The van der Waals surface area contributed by atoms with Crippen molar-refractivity contribution in [2.45, 2.75) is 50.6 Å². The van der Waals surface area contributed by atoms with Crippen LogP contribution in [0.2, 0.25) is 0 Å². The predicted molar refractivity (Wildman–Crippen MR) is 133 cm³/mol. The third-order valence-electron chi connectivity index (χ3n) is 6.84. The van der Waals surface area contributed by atoms with Crippen LogP contribution in [-0.2, 0) is 9.59 Å². The van der Waals surface area contributed by atoms with Crippen LogP contribution in [-0.4, -0.2) is 47.8 Å². The number of carbonyl (C=O) groups excluding carboxylic acids is 3. The van der Waals surface area contributed by atoms with Gasteiger partial charge in [0.2, 0.25) is 11.8 Å². The number of amides is 3. The van der Waals surface area contributed by atoms with E-state index in [1.165, 1.54) is 24.3 Å². The Bertz CT molecular complexity index is 1050. The molecule has 0 bridgehead atoms. The van der Waals surface area contributed by atoms with Crippen LogP contribution in [0, 0.1) is 11.7 Å². The average Bonchev–Trinajstić information content (AvgIpc) is 2.89. The SMILES string of the molecule is O=C(N[C@@H]1CCCC[C@H]1NC(=O)[C@@H]1CCCN(C(=O)/C=C/c2ccccc2)C1)c1ccc(F)cc1. The van der Waals surface area contributed by atoms with E-state index in [0.29, 0.717) is 18.7 Å². The zero-order chi connectivity index (χ0) is 24.6. The molecule has 1 saturated heterocycles. The molecule has 0 aromatic heterocycles. The molecule has 1 saturated carbocycles. The van der Waals surface area contributed by atoms with Gasteiger partial charge < -0.3 is 15.5 Å². The smallest absolute Gasteiger partial charge is 0.251 e. The molecule has 4 rings (SSSR count). The van der Waals surface area contributed by atoms with Gasteiger partial charge in [-0.25, -0.2) is 4.39 Å². The van der Waals surface area contributed by atoms with Crippen LogP contribution < -0.4 is 10.6 Å². The number of hydrogen-bond donors (Lipinski definition) is 2. The lowest BCUT2D eigenvalue weighted by molar-refractivity contribution is -0.132. The summed E-state index contributed by atoms with van der Waals surface area (Å²) >= 11 is 0. The van der Waals surface area contributed by atoms with Crippen molar-refractivity contribution in [3.8, 4) is 0 Å². The number of benzene rings is 2. The molecule has 1 aliphatic heterocycles. The zero-order valence-corrected chi connectivity index (χ0v) is 19.8. The maximum absolute atomic E-state index is 13.2. The first-order valence-corrected chi connectivity index (χ1v) is 12.4. The van der Waals surface area contributed by atoms with Crippen molar-refractivity contribution < 1.29 is 18.8 Å². The molecule has 2 N–H and O–H groups in total. The number of likely N-dealkylation sites (tertiary alicyclic amines) is 1. The van der Waals surface area contributed by atoms with Crippen molar-refractivity contribution in [3.63, 3.8) is 0 Å². The van der Waals surface area contributed by atoms with Gasteiger partial charge in [-0.1, -0.05) is 43.2 Å². The molecule has 2 aliphatic rings. The summed E-state index contributed by atoms with van der Waals surface area (Å²) in [5.41, 5.74) is 1.35. The second-order valence-electron chi connectivity index (χ2n) is 9.35. The minimum atomic E-state index is -0.389. The summed E-state index contributed by atoms with van der Waals surface area (Å²) in [7, 11) is 0. The van der Waals surface area contributed by atoms with E-state index in [2.05, 4.69) is 10.6 Å². The molecular formula is C28H32FN3O3. The molecule has 0 unspecified atom stereocenters. The van der Waals surface area contributed by atoms with Crippen LogP contribution in [0.15, 0.2) is 60.7 Å². The number of carbonyl (C=O) groups is 3. The third kappa shape index (κ3) is 6.78. The minimum Gasteiger partial charge on any atom is -0.351 e. The van der Waals surface area contributed by atoms with E-state index in [1.807, 2.05) is 30.3 Å². The van der Waals surface area contributed by atoms with Gasteiger partial charge in [-0.3, -0.25) is 14.4 Å². The Morgan fingerprint density at radius 2 is 1.54 bits per heavy atom. The lowest BCUT2D eigenvalue weighted by Crippen LogP contribution is -2.55. The average molecular weight is 478 g/mol. The minimum absolute atomic E-state index is 0.0672. The molecule has 0 radical (unpaired) electrons. The first kappa shape index (κ1) is 24.6. The Balaban J connectivity index is 1.33. The maximum Gasteiger partial charge on any atom is 0.251 e. The van der Waals surface area contributed by atoms with Gasteiger partial charge in [0.1, 0.15) is 5.82 Å². The Hall–Kier alpha value is -3.48. The van der Waals surface area contributed by atoms with E-state index in [4.69, 9.17) is 0 Å². The summed E-state index contributed by atoms with van der Waals surface area (Å²) in [6, 6.07) is 14.8. The molecule has 2 aromatic carbocycles. The highest BCUT2D eigenvalue weighted by molar-refractivity contribution is 5.94. The van der Waals surface area contributed by atoms with E-state index in [-0.39, 0.29) is 41.5 Å². The molecule has 3 amide bonds. The Morgan fingerprint density at radius 3 is 2.26 bits per heavy atom. The highest BCUT2D eigenvalue weighted by Crippen LogP contribution is 2.22. The highest BCUT2D eigenvalue weighted by atomic mass is 19.1. The Labute approximate surface area is 205 Å². The van der Waals surface area contributed by atoms with Crippen molar-refractivity contribution in [1.82, 2.24) is 15.5 Å². The second kappa shape index (κ2) is 11.8. The molecule has 1 heterocycles. The molecule has 184 valence electrons. The van der Waals surface area contributed by atoms with Gasteiger partial charge in [0.15, 0.2) is 0 Å². The standard InChI is InChI=1S/C28H32FN3O3/c29-23-15-13-21(14-16-23)27(34)30-24-10-4-5-11-25(24)31-28(35)22-9-6-18-32(19-22)26(33)17-12-20-7-2-1-3-8-20/h1-3,7-8,12-17,22,24-25H,4-6,9-11,18-19H2,(H,30,34)(H,31,35)/b17-12+/t22-,24-,25-/m1/s1. The van der Waals surface area contributed by atoms with Gasteiger partial charge in [0.05, 0.1) is 5.92 Å². The zero-order valence-electron chi connectivity index (χ0n) is 19.8. The van der Waals surface area contributed by atoms with E-state index in [0.717, 1.165) is 44.1 Å². The van der Waals surface area contributed by atoms with Gasteiger partial charge in [-0.15, -0.1) is 0 Å². The molecule has 35 heavy (non-hydrogen) atoms. The molecule has 0 spiro atoms. The largest absolute Gasteiger partial charge is 0.351 e. The van der Waals surface area contributed by atoms with Gasteiger partial charge in [-0.2, -0.15) is 0 Å². The van der Waals surface area contributed by atoms with Gasteiger partial charge in [0, 0.05) is 36.8 Å². The number of halogens is 1. The lowest BCUT2D eigenvalue weighted by Gasteiger charge is -2.36. The van der Waals surface area contributed by atoms with Crippen LogP contribution in [0.4, 0.5) is 4.39 Å². The van der Waals surface area contributed by atoms with Crippen LogP contribution in [0.3, 0.4) is 0 Å². The fourth-order valence-electron chi connectivity index (χ4n) is 4.86. The molecule has 1 aliphatic carbocycles. The molecule has 2 aromatic rings. The molecule has 6 nitrogen and oxygen atoms in total. The van der Waals surface area contributed by atoms with Crippen LogP contribution >= 0.6 is 0 Å². The fraction of sp³-hybridized carbons (Fsp3) is 0.393. The van der Waals surface area contributed by atoms with Crippen molar-refractivity contribution in [2.24, 2.45) is 5.92 Å². The molecular weight excluding hydrogens is 445 g/mol. The normalized spacial score (nSPS) is 22.5. The van der Waals surface area contributed by atoms with Gasteiger partial charge in [0.25, 0.3) is 5.91 Å². The quantitative estimate of drug-likeness (QED) is 0.619. The van der Waals surface area contributed by atoms with Crippen molar-refractivity contribution in [2.75, 3.05) is 13.1 Å². The monoisotopic (exact) mass is 477 g/mol. The van der Waals surface area contributed by atoms with Gasteiger partial charge in [-0.05, 0) is 61.6 Å². The van der Waals surface area contributed by atoms with Gasteiger partial charge >= 0.3 is 0 Å². The Morgan fingerprint density at radius 1 is 0.857 bits per heavy atom. The number of piperidine rings is 1. The Kier molecular flexibility index (Phi) is 8.29. The third-order valence-corrected chi connectivity index (χ3v) is 6.84. The van der Waals surface area contributed by atoms with Crippen molar-refractivity contribution >= 4 is 23.8 Å². The summed E-state index contributed by atoms with van der Waals surface area (Å²) in [6.07, 6.45) is 8.39. The summed E-state index contributed by atoms with van der Waals surface area (Å²) in [4.78, 5) is 40.2. The van der Waals surface area contributed by atoms with E-state index in [1.54, 1.807) is 17.1 Å². The summed E-state index contributed by atoms with van der Waals surface area (Å²) in [5.74, 6) is -1.08. The van der Waals surface area contributed by atoms with E-state index < -0.39 is 0 Å². The lowest BCUT2D eigenvalue weighted by atomic mass is 9.88. The topological polar surface area (TPSA) is 78.5 Å². The van der Waals surface area contributed by atoms with Crippen molar-refractivity contribution in [1.29, 1.82) is 0 Å². The van der Waals surface area contributed by atoms with Crippen LogP contribution in [0.25, 0.3) is 6.08 Å². The first-order valence-electron chi connectivity index (χ1n) is 12.4. The molecule has 2 fully saturated rings. The summed E-state index contributed by atoms with van der Waals surface area (Å²) < 4.78 is 13.2. The number of nitrogens with one attached hydrogen (secondary N) is 2. The predicted octanol–water partition coefficient (Wildman–Crippen LogP) is 3.93. The number of nitrogens with zero attached hydrogens (tertiary/aromatic N) is 1. The number of rotatable bonds is 6. The van der Waals surface area contributed by atoms with E-state index in [9.17, 15) is 18.8 Å². The molecule has 7 heteroatoms. The summed E-state index contributed by atoms with van der Waals surface area (Å²) in [5, 5.41) is 6.17. The highest BCUT2D eigenvalue weighted by Gasteiger charge is 2.32. The van der Waals surface area contributed by atoms with Crippen LogP contribution in [0.5, 0.6) is 0 Å². The maximum atomic E-state index is 13.2.